The molecule has 1 fully saturated rings. The second kappa shape index (κ2) is 7.37. The number of hydrazine groups is 1. The zero-order valence-corrected chi connectivity index (χ0v) is 12.1. The van der Waals surface area contributed by atoms with Gasteiger partial charge in [-0.2, -0.15) is 0 Å². The fourth-order valence-electron chi connectivity index (χ4n) is 2.26. The topological polar surface area (TPSA) is 85.5 Å². The minimum atomic E-state index is 0.390. The lowest BCUT2D eigenvalue weighted by atomic mass is 10.1. The quantitative estimate of drug-likeness (QED) is 0.592. The first-order valence-corrected chi connectivity index (χ1v) is 6.97. The summed E-state index contributed by atoms with van der Waals surface area (Å²) in [4.78, 5) is 11.0. The van der Waals surface area contributed by atoms with Crippen LogP contribution < -0.4 is 16.2 Å². The van der Waals surface area contributed by atoms with Gasteiger partial charge in [-0.15, -0.1) is 0 Å². The van der Waals surface area contributed by atoms with Gasteiger partial charge in [0.15, 0.2) is 5.82 Å². The third kappa shape index (κ3) is 3.78. The van der Waals surface area contributed by atoms with E-state index in [9.17, 15) is 0 Å². The Morgan fingerprint density at radius 3 is 2.85 bits per heavy atom. The summed E-state index contributed by atoms with van der Waals surface area (Å²) in [5, 5.41) is 0. The third-order valence-corrected chi connectivity index (χ3v) is 3.44. The molecular formula is C13H23N5O2. The number of hydrogen-bond acceptors (Lipinski definition) is 7. The number of aromatic nitrogens is 2. The van der Waals surface area contributed by atoms with Crippen molar-refractivity contribution < 1.29 is 9.47 Å². The smallest absolute Gasteiger partial charge is 0.158 e. The summed E-state index contributed by atoms with van der Waals surface area (Å²) in [7, 11) is 2.04. The number of nitrogens with one attached hydrogen (secondary N) is 1. The molecule has 1 aromatic rings. The standard InChI is InChI=1S/C13H23N5O2/c1-3-19-9-12-15-11(17-14)8-13(16-12)18(2)10-4-6-20-7-5-10/h8,10H,3-7,9,14H2,1-2H3,(H,15,16,17). The third-order valence-electron chi connectivity index (χ3n) is 3.44. The highest BCUT2D eigenvalue weighted by Gasteiger charge is 2.20. The van der Waals surface area contributed by atoms with E-state index in [1.807, 2.05) is 20.0 Å². The van der Waals surface area contributed by atoms with Gasteiger partial charge in [0.2, 0.25) is 0 Å². The molecule has 1 aliphatic heterocycles. The van der Waals surface area contributed by atoms with Crippen LogP contribution in [0.4, 0.5) is 11.6 Å². The molecule has 7 heteroatoms. The van der Waals surface area contributed by atoms with Gasteiger partial charge < -0.3 is 19.8 Å². The summed E-state index contributed by atoms with van der Waals surface area (Å²) < 4.78 is 10.8. The number of nitrogens with two attached hydrogens (primary N) is 1. The molecule has 0 aromatic carbocycles. The van der Waals surface area contributed by atoms with Gasteiger partial charge in [-0.3, -0.25) is 0 Å². The first-order chi connectivity index (χ1) is 9.74. The Bertz CT molecular complexity index is 423. The zero-order chi connectivity index (χ0) is 14.4. The first kappa shape index (κ1) is 15.0. The second-order valence-corrected chi connectivity index (χ2v) is 4.76. The highest BCUT2D eigenvalue weighted by molar-refractivity contribution is 5.49. The van der Waals surface area contributed by atoms with Crippen LogP contribution in [0.25, 0.3) is 0 Å². The largest absolute Gasteiger partial charge is 0.381 e. The maximum Gasteiger partial charge on any atom is 0.158 e. The predicted molar refractivity (Wildman–Crippen MR) is 77.4 cm³/mol. The van der Waals surface area contributed by atoms with E-state index < -0.39 is 0 Å². The van der Waals surface area contributed by atoms with Crippen LogP contribution in [0, 0.1) is 0 Å². The van der Waals surface area contributed by atoms with E-state index in [2.05, 4.69) is 20.3 Å². The van der Waals surface area contributed by atoms with E-state index in [0.717, 1.165) is 31.9 Å². The lowest BCUT2D eigenvalue weighted by Gasteiger charge is -2.32. The summed E-state index contributed by atoms with van der Waals surface area (Å²) in [6, 6.07) is 2.29. The van der Waals surface area contributed by atoms with Crippen molar-refractivity contribution in [2.45, 2.75) is 32.4 Å². The van der Waals surface area contributed by atoms with Crippen molar-refractivity contribution >= 4 is 11.6 Å². The summed E-state index contributed by atoms with van der Waals surface area (Å²) >= 11 is 0. The molecule has 0 radical (unpaired) electrons. The minimum absolute atomic E-state index is 0.390. The fraction of sp³-hybridized carbons (Fsp3) is 0.692. The normalized spacial score (nSPS) is 16.1. The lowest BCUT2D eigenvalue weighted by Crippen LogP contribution is -2.37. The van der Waals surface area contributed by atoms with Gasteiger partial charge in [-0.05, 0) is 19.8 Å². The van der Waals surface area contributed by atoms with E-state index >= 15 is 0 Å². The molecule has 112 valence electrons. The zero-order valence-electron chi connectivity index (χ0n) is 12.1. The van der Waals surface area contributed by atoms with Crippen LogP contribution in [0.3, 0.4) is 0 Å². The van der Waals surface area contributed by atoms with Crippen molar-refractivity contribution in [1.29, 1.82) is 0 Å². The molecule has 2 rings (SSSR count). The molecule has 0 atom stereocenters. The number of nitrogen functional groups attached to an aromatic ring is 1. The second-order valence-electron chi connectivity index (χ2n) is 4.76. The summed E-state index contributed by atoms with van der Waals surface area (Å²) in [5.41, 5.74) is 2.58. The van der Waals surface area contributed by atoms with E-state index in [0.29, 0.717) is 30.9 Å². The predicted octanol–water partition coefficient (Wildman–Crippen LogP) is 0.914. The van der Waals surface area contributed by atoms with Crippen LogP contribution >= 0.6 is 0 Å². The van der Waals surface area contributed by atoms with E-state index in [4.69, 9.17) is 15.3 Å². The molecule has 0 unspecified atom stereocenters. The van der Waals surface area contributed by atoms with Gasteiger partial charge in [0, 0.05) is 39.0 Å². The SMILES string of the molecule is CCOCc1nc(NN)cc(N(C)C2CCOCC2)n1. The summed E-state index contributed by atoms with van der Waals surface area (Å²) in [6.45, 7) is 4.57. The molecule has 0 spiro atoms. The molecule has 1 aliphatic rings. The summed E-state index contributed by atoms with van der Waals surface area (Å²) in [6.07, 6.45) is 2.01. The van der Waals surface area contributed by atoms with Crippen LogP contribution in [0.15, 0.2) is 6.07 Å². The Labute approximate surface area is 119 Å². The van der Waals surface area contributed by atoms with E-state index in [1.165, 1.54) is 0 Å². The number of hydrogen-bond donors (Lipinski definition) is 2. The van der Waals surface area contributed by atoms with Crippen LogP contribution in [0.1, 0.15) is 25.6 Å². The molecule has 3 N–H and O–H groups in total. The van der Waals surface area contributed by atoms with E-state index in [-0.39, 0.29) is 0 Å². The van der Waals surface area contributed by atoms with Crippen molar-refractivity contribution in [3.63, 3.8) is 0 Å². The maximum absolute atomic E-state index is 5.48. The average Bonchev–Trinajstić information content (AvgIpc) is 2.52. The molecule has 0 bridgehead atoms. The Kier molecular flexibility index (Phi) is 5.51. The van der Waals surface area contributed by atoms with Crippen molar-refractivity contribution in [1.82, 2.24) is 9.97 Å². The van der Waals surface area contributed by atoms with Crippen LogP contribution in [0.5, 0.6) is 0 Å². The fourth-order valence-corrected chi connectivity index (χ4v) is 2.26. The van der Waals surface area contributed by atoms with Gasteiger partial charge in [0.25, 0.3) is 0 Å². The summed E-state index contributed by atoms with van der Waals surface area (Å²) in [5.74, 6) is 7.57. The van der Waals surface area contributed by atoms with Crippen LogP contribution in [0.2, 0.25) is 0 Å². The molecule has 2 heterocycles. The Morgan fingerprint density at radius 2 is 2.20 bits per heavy atom. The molecule has 0 amide bonds. The van der Waals surface area contributed by atoms with E-state index in [1.54, 1.807) is 0 Å². The van der Waals surface area contributed by atoms with Crippen molar-refractivity contribution in [2.24, 2.45) is 5.84 Å². The average molecular weight is 281 g/mol. The highest BCUT2D eigenvalue weighted by atomic mass is 16.5. The molecule has 1 saturated heterocycles. The molecule has 0 aliphatic carbocycles. The number of ether oxygens (including phenoxy) is 2. The Morgan fingerprint density at radius 1 is 1.45 bits per heavy atom. The van der Waals surface area contributed by atoms with Crippen molar-refractivity contribution in [3.8, 4) is 0 Å². The minimum Gasteiger partial charge on any atom is -0.381 e. The van der Waals surface area contributed by atoms with Gasteiger partial charge in [0.1, 0.15) is 18.2 Å². The Balaban J connectivity index is 2.15. The first-order valence-electron chi connectivity index (χ1n) is 6.97. The number of nitrogens with zero attached hydrogens (tertiary/aromatic N) is 3. The van der Waals surface area contributed by atoms with Crippen molar-refractivity contribution in [3.05, 3.63) is 11.9 Å². The van der Waals surface area contributed by atoms with Gasteiger partial charge in [0.05, 0.1) is 0 Å². The van der Waals surface area contributed by atoms with Crippen LogP contribution in [-0.2, 0) is 16.1 Å². The monoisotopic (exact) mass is 281 g/mol. The van der Waals surface area contributed by atoms with Crippen molar-refractivity contribution in [2.75, 3.05) is 37.2 Å². The van der Waals surface area contributed by atoms with Crippen LogP contribution in [-0.4, -0.2) is 42.9 Å². The number of anilines is 2. The Hall–Kier alpha value is -1.44. The number of rotatable bonds is 6. The van der Waals surface area contributed by atoms with Gasteiger partial charge in [-0.25, -0.2) is 15.8 Å². The molecule has 7 nitrogen and oxygen atoms in total. The molecule has 1 aromatic heterocycles. The highest BCUT2D eigenvalue weighted by Crippen LogP contribution is 2.21. The maximum atomic E-state index is 5.48. The molecule has 0 saturated carbocycles. The lowest BCUT2D eigenvalue weighted by molar-refractivity contribution is 0.0853. The molecular weight excluding hydrogens is 258 g/mol. The molecule has 20 heavy (non-hydrogen) atoms. The van der Waals surface area contributed by atoms with Gasteiger partial charge >= 0.3 is 0 Å². The van der Waals surface area contributed by atoms with Gasteiger partial charge in [-0.1, -0.05) is 0 Å².